The Labute approximate surface area is 75.3 Å². The van der Waals surface area contributed by atoms with Gasteiger partial charge in [0.1, 0.15) is 0 Å². The van der Waals surface area contributed by atoms with E-state index in [1.807, 2.05) is 0 Å². The van der Waals surface area contributed by atoms with Crippen LogP contribution < -0.4 is 0 Å². The first kappa shape index (κ1) is 9.25. The van der Waals surface area contributed by atoms with Crippen molar-refractivity contribution in [3.05, 3.63) is 52.3 Å². The van der Waals surface area contributed by atoms with Crippen LogP contribution in [-0.2, 0) is 6.42 Å². The first-order chi connectivity index (χ1) is 6.24. The van der Waals surface area contributed by atoms with Crippen LogP contribution in [0.4, 0.5) is 5.69 Å². The second kappa shape index (κ2) is 4.25. The van der Waals surface area contributed by atoms with E-state index in [2.05, 4.69) is 0 Å². The molecule has 0 heterocycles. The van der Waals surface area contributed by atoms with E-state index in [4.69, 9.17) is 5.11 Å². The predicted molar refractivity (Wildman–Crippen MR) is 48.6 cm³/mol. The normalized spacial score (nSPS) is 10.5. The van der Waals surface area contributed by atoms with Crippen LogP contribution in [0, 0.1) is 10.1 Å². The lowest BCUT2D eigenvalue weighted by atomic mass is 10.1. The van der Waals surface area contributed by atoms with Gasteiger partial charge in [0.05, 0.1) is 11.2 Å². The van der Waals surface area contributed by atoms with Gasteiger partial charge < -0.3 is 5.11 Å². The van der Waals surface area contributed by atoms with Crippen LogP contribution in [0.2, 0.25) is 0 Å². The molecular formula is C9H9NO3. The molecule has 1 rings (SSSR count). The van der Waals surface area contributed by atoms with Gasteiger partial charge in [0, 0.05) is 12.1 Å². The summed E-state index contributed by atoms with van der Waals surface area (Å²) in [4.78, 5) is 9.93. The smallest absolute Gasteiger partial charge is 0.269 e. The van der Waals surface area contributed by atoms with Crippen molar-refractivity contribution >= 4 is 5.69 Å². The average Bonchev–Trinajstić information content (AvgIpc) is 2.15. The highest BCUT2D eigenvalue weighted by molar-refractivity contribution is 5.34. The number of rotatable bonds is 3. The molecule has 0 aliphatic carbocycles. The number of aliphatic hydroxyl groups is 1. The summed E-state index contributed by atoms with van der Waals surface area (Å²) >= 11 is 0. The Balaban J connectivity index is 2.85. The molecule has 0 aliphatic rings. The van der Waals surface area contributed by atoms with E-state index in [-0.39, 0.29) is 5.69 Å². The van der Waals surface area contributed by atoms with Gasteiger partial charge in [-0.15, -0.1) is 0 Å². The van der Waals surface area contributed by atoms with E-state index < -0.39 is 4.92 Å². The summed E-state index contributed by atoms with van der Waals surface area (Å²) in [6.07, 6.45) is 2.95. The lowest BCUT2D eigenvalue weighted by Crippen LogP contribution is -1.89. The summed E-state index contributed by atoms with van der Waals surface area (Å²) < 4.78 is 0. The molecule has 4 heteroatoms. The standard InChI is InChI=1S/C9H9NO3/c11-6-2-4-8-3-1-5-9(7-8)10(12)13/h1-3,5-7,11H,4H2/b6-2-. The summed E-state index contributed by atoms with van der Waals surface area (Å²) in [7, 11) is 0. The molecule has 1 N–H and O–H groups in total. The molecule has 0 spiro atoms. The highest BCUT2D eigenvalue weighted by atomic mass is 16.6. The van der Waals surface area contributed by atoms with Crippen LogP contribution >= 0.6 is 0 Å². The van der Waals surface area contributed by atoms with Gasteiger partial charge in [-0.2, -0.15) is 0 Å². The zero-order valence-corrected chi connectivity index (χ0v) is 6.88. The van der Waals surface area contributed by atoms with Crippen molar-refractivity contribution in [2.45, 2.75) is 6.42 Å². The lowest BCUT2D eigenvalue weighted by molar-refractivity contribution is -0.384. The van der Waals surface area contributed by atoms with Crippen molar-refractivity contribution in [1.29, 1.82) is 0 Å². The van der Waals surface area contributed by atoms with Crippen LogP contribution in [0.3, 0.4) is 0 Å². The predicted octanol–water partition coefficient (Wildman–Crippen LogP) is 2.21. The molecule has 0 saturated heterocycles. The SMILES string of the molecule is O=[N+]([O-])c1cccc(C/C=C\O)c1. The molecule has 4 nitrogen and oxygen atoms in total. The minimum atomic E-state index is -0.438. The number of non-ortho nitro benzene ring substituents is 1. The van der Waals surface area contributed by atoms with Gasteiger partial charge in [0.25, 0.3) is 5.69 Å². The van der Waals surface area contributed by atoms with Gasteiger partial charge >= 0.3 is 0 Å². The van der Waals surface area contributed by atoms with E-state index in [1.54, 1.807) is 12.1 Å². The molecule has 1 aromatic carbocycles. The number of hydrogen-bond acceptors (Lipinski definition) is 3. The van der Waals surface area contributed by atoms with Crippen LogP contribution in [0.25, 0.3) is 0 Å². The second-order valence-electron chi connectivity index (χ2n) is 2.52. The maximum atomic E-state index is 10.4. The molecule has 0 atom stereocenters. The van der Waals surface area contributed by atoms with Gasteiger partial charge in [-0.1, -0.05) is 12.1 Å². The van der Waals surface area contributed by atoms with Crippen molar-refractivity contribution in [1.82, 2.24) is 0 Å². The number of hydrogen-bond donors (Lipinski definition) is 1. The lowest BCUT2D eigenvalue weighted by Gasteiger charge is -1.95. The van der Waals surface area contributed by atoms with Gasteiger partial charge in [0.15, 0.2) is 0 Å². The van der Waals surface area contributed by atoms with Crippen LogP contribution in [0.15, 0.2) is 36.6 Å². The number of aliphatic hydroxyl groups excluding tert-OH is 1. The summed E-state index contributed by atoms with van der Waals surface area (Å²) in [5.41, 5.74) is 0.878. The summed E-state index contributed by atoms with van der Waals surface area (Å²) in [6.45, 7) is 0. The second-order valence-corrected chi connectivity index (χ2v) is 2.52. The van der Waals surface area contributed by atoms with Crippen molar-refractivity contribution in [3.63, 3.8) is 0 Å². The zero-order chi connectivity index (χ0) is 9.68. The Hall–Kier alpha value is -1.84. The molecule has 0 fully saturated rings. The molecule has 68 valence electrons. The molecular weight excluding hydrogens is 170 g/mol. The first-order valence-electron chi connectivity index (χ1n) is 3.76. The van der Waals surface area contributed by atoms with Crippen molar-refractivity contribution in [2.75, 3.05) is 0 Å². The number of nitro groups is 1. The third-order valence-corrected chi connectivity index (χ3v) is 1.58. The third kappa shape index (κ3) is 2.59. The Kier molecular flexibility index (Phi) is 3.03. The first-order valence-corrected chi connectivity index (χ1v) is 3.76. The van der Waals surface area contributed by atoms with E-state index in [0.717, 1.165) is 11.8 Å². The van der Waals surface area contributed by atoms with Crippen LogP contribution in [-0.4, -0.2) is 10.0 Å². The molecule has 0 aliphatic heterocycles. The van der Waals surface area contributed by atoms with E-state index in [9.17, 15) is 10.1 Å². The molecule has 0 aromatic heterocycles. The molecule has 0 radical (unpaired) electrons. The Morgan fingerprint density at radius 3 is 2.92 bits per heavy atom. The molecule has 1 aromatic rings. The van der Waals surface area contributed by atoms with Gasteiger partial charge in [0.2, 0.25) is 0 Å². The highest BCUT2D eigenvalue weighted by Gasteiger charge is 2.03. The maximum Gasteiger partial charge on any atom is 0.269 e. The van der Waals surface area contributed by atoms with Crippen molar-refractivity contribution in [2.24, 2.45) is 0 Å². The topological polar surface area (TPSA) is 63.4 Å². The average molecular weight is 179 g/mol. The number of nitro benzene ring substituents is 1. The zero-order valence-electron chi connectivity index (χ0n) is 6.88. The Morgan fingerprint density at radius 2 is 2.31 bits per heavy atom. The van der Waals surface area contributed by atoms with E-state index >= 15 is 0 Å². The van der Waals surface area contributed by atoms with Gasteiger partial charge in [-0.25, -0.2) is 0 Å². The van der Waals surface area contributed by atoms with Gasteiger partial charge in [-0.3, -0.25) is 10.1 Å². The molecule has 0 bridgehead atoms. The van der Waals surface area contributed by atoms with Crippen molar-refractivity contribution in [3.8, 4) is 0 Å². The monoisotopic (exact) mass is 179 g/mol. The summed E-state index contributed by atoms with van der Waals surface area (Å²) in [6, 6.07) is 6.32. The largest absolute Gasteiger partial charge is 0.516 e. The Bertz CT molecular complexity index is 333. The fraction of sp³-hybridized carbons (Fsp3) is 0.111. The quantitative estimate of drug-likeness (QED) is 0.439. The summed E-state index contributed by atoms with van der Waals surface area (Å²) in [5.74, 6) is 0. The fourth-order valence-corrected chi connectivity index (χ4v) is 0.986. The number of benzene rings is 1. The Morgan fingerprint density at radius 1 is 1.54 bits per heavy atom. The number of allylic oxidation sites excluding steroid dienone is 1. The number of nitrogens with zero attached hydrogens (tertiary/aromatic N) is 1. The van der Waals surface area contributed by atoms with Crippen LogP contribution in [0.5, 0.6) is 0 Å². The van der Waals surface area contributed by atoms with Crippen LogP contribution in [0.1, 0.15) is 5.56 Å². The molecule has 0 unspecified atom stereocenters. The minimum absolute atomic E-state index is 0.0730. The molecule has 0 saturated carbocycles. The molecule has 13 heavy (non-hydrogen) atoms. The highest BCUT2D eigenvalue weighted by Crippen LogP contribution is 2.13. The summed E-state index contributed by atoms with van der Waals surface area (Å²) in [5, 5.41) is 18.8. The molecule has 0 amide bonds. The van der Waals surface area contributed by atoms with Crippen molar-refractivity contribution < 1.29 is 10.0 Å². The third-order valence-electron chi connectivity index (χ3n) is 1.58. The minimum Gasteiger partial charge on any atom is -0.516 e. The maximum absolute atomic E-state index is 10.4. The van der Waals surface area contributed by atoms with E-state index in [1.165, 1.54) is 18.2 Å². The van der Waals surface area contributed by atoms with E-state index in [0.29, 0.717) is 6.42 Å². The van der Waals surface area contributed by atoms with Gasteiger partial charge in [-0.05, 0) is 18.1 Å². The fourth-order valence-electron chi connectivity index (χ4n) is 0.986.